The predicted octanol–water partition coefficient (Wildman–Crippen LogP) is 1.80. The number of rotatable bonds is 2. The molecule has 4 nitrogen and oxygen atoms in total. The highest BCUT2D eigenvalue weighted by molar-refractivity contribution is 5.94. The summed E-state index contributed by atoms with van der Waals surface area (Å²) >= 11 is 0. The molecule has 1 N–H and O–H groups in total. The van der Waals surface area contributed by atoms with Gasteiger partial charge in [-0.15, -0.1) is 0 Å². The molecule has 1 aromatic rings. The van der Waals surface area contributed by atoms with Gasteiger partial charge in [0.05, 0.1) is 12.7 Å². The predicted molar refractivity (Wildman–Crippen MR) is 73.4 cm³/mol. The van der Waals surface area contributed by atoms with Crippen molar-refractivity contribution in [1.29, 1.82) is 0 Å². The van der Waals surface area contributed by atoms with E-state index in [1.807, 2.05) is 0 Å². The van der Waals surface area contributed by atoms with Gasteiger partial charge in [0.2, 0.25) is 0 Å². The topological polar surface area (TPSA) is 41.6 Å². The largest absolute Gasteiger partial charge is 0.497 e. The molecule has 2 unspecified atom stereocenters. The van der Waals surface area contributed by atoms with Crippen LogP contribution < -0.4 is 10.1 Å². The fraction of sp³-hybridized carbons (Fsp3) is 0.533. The number of carbonyl (C=O) groups excluding carboxylic acids is 1. The van der Waals surface area contributed by atoms with Gasteiger partial charge in [0.15, 0.2) is 0 Å². The number of nitrogens with one attached hydrogen (secondary N) is 1. The summed E-state index contributed by atoms with van der Waals surface area (Å²) in [7, 11) is 1.48. The summed E-state index contributed by atoms with van der Waals surface area (Å²) in [5, 5.41) is 3.51. The van der Waals surface area contributed by atoms with Crippen molar-refractivity contribution < 1.29 is 13.9 Å². The van der Waals surface area contributed by atoms with Gasteiger partial charge >= 0.3 is 0 Å². The molecule has 20 heavy (non-hydrogen) atoms. The standard InChI is InChI=1S/C15H19FN2O2/c1-20-12-4-5-13(14(16)8-12)15(19)18-7-6-10-2-3-11(9-18)17-10/h4-5,8,10-11,17H,2-3,6-7,9H2,1H3. The Morgan fingerprint density at radius 1 is 1.35 bits per heavy atom. The maximum absolute atomic E-state index is 14.0. The van der Waals surface area contributed by atoms with Gasteiger partial charge in [-0.3, -0.25) is 4.79 Å². The first-order valence-electron chi connectivity index (χ1n) is 7.06. The zero-order chi connectivity index (χ0) is 14.1. The molecule has 0 aliphatic carbocycles. The number of hydrogen-bond donors (Lipinski definition) is 1. The van der Waals surface area contributed by atoms with Crippen molar-refractivity contribution in [2.45, 2.75) is 31.3 Å². The van der Waals surface area contributed by atoms with Crippen LogP contribution in [0.15, 0.2) is 18.2 Å². The van der Waals surface area contributed by atoms with Crippen molar-refractivity contribution in [1.82, 2.24) is 10.2 Å². The third-order valence-corrected chi connectivity index (χ3v) is 4.22. The zero-order valence-corrected chi connectivity index (χ0v) is 11.6. The van der Waals surface area contributed by atoms with Gasteiger partial charge in [0.1, 0.15) is 11.6 Å². The maximum atomic E-state index is 14.0. The summed E-state index contributed by atoms with van der Waals surface area (Å²) in [6, 6.07) is 5.26. The lowest BCUT2D eigenvalue weighted by molar-refractivity contribution is 0.0743. The summed E-state index contributed by atoms with van der Waals surface area (Å²) < 4.78 is 18.9. The summed E-state index contributed by atoms with van der Waals surface area (Å²) in [5.41, 5.74) is 0.128. The van der Waals surface area contributed by atoms with Crippen LogP contribution in [-0.2, 0) is 0 Å². The van der Waals surface area contributed by atoms with E-state index in [1.165, 1.54) is 25.7 Å². The SMILES string of the molecule is COc1ccc(C(=O)N2CCC3CCC(C2)N3)c(F)c1. The smallest absolute Gasteiger partial charge is 0.256 e. The number of carbonyl (C=O) groups is 1. The Kier molecular flexibility index (Phi) is 3.61. The van der Waals surface area contributed by atoms with Gasteiger partial charge in [-0.2, -0.15) is 0 Å². The molecule has 2 bridgehead atoms. The van der Waals surface area contributed by atoms with Gasteiger partial charge in [0, 0.05) is 31.2 Å². The van der Waals surface area contributed by atoms with Crippen molar-refractivity contribution in [2.24, 2.45) is 0 Å². The van der Waals surface area contributed by atoms with Crippen LogP contribution in [0.4, 0.5) is 4.39 Å². The lowest BCUT2D eigenvalue weighted by Gasteiger charge is -2.24. The Balaban J connectivity index is 1.78. The van der Waals surface area contributed by atoms with Gasteiger partial charge in [-0.05, 0) is 31.4 Å². The van der Waals surface area contributed by atoms with E-state index in [2.05, 4.69) is 5.32 Å². The Morgan fingerprint density at radius 3 is 2.90 bits per heavy atom. The van der Waals surface area contributed by atoms with Crippen LogP contribution >= 0.6 is 0 Å². The number of amides is 1. The first-order valence-corrected chi connectivity index (χ1v) is 7.06. The number of nitrogens with zero attached hydrogens (tertiary/aromatic N) is 1. The molecular weight excluding hydrogens is 259 g/mol. The molecule has 0 aromatic heterocycles. The second-order valence-electron chi connectivity index (χ2n) is 5.52. The minimum absolute atomic E-state index is 0.128. The second kappa shape index (κ2) is 5.40. The molecule has 0 spiro atoms. The molecule has 5 heteroatoms. The van der Waals surface area contributed by atoms with Crippen LogP contribution in [0.5, 0.6) is 5.75 Å². The van der Waals surface area contributed by atoms with Crippen LogP contribution in [0, 0.1) is 5.82 Å². The van der Waals surface area contributed by atoms with Gasteiger partial charge in [-0.1, -0.05) is 0 Å². The number of methoxy groups -OCH3 is 1. The minimum Gasteiger partial charge on any atom is -0.497 e. The fourth-order valence-corrected chi connectivity index (χ4v) is 3.09. The third-order valence-electron chi connectivity index (χ3n) is 4.22. The molecule has 2 saturated heterocycles. The monoisotopic (exact) mass is 278 g/mol. The number of halogens is 1. The number of likely N-dealkylation sites (tertiary alicyclic amines) is 1. The number of fused-ring (bicyclic) bond motifs is 2. The molecule has 1 aromatic carbocycles. The molecule has 2 atom stereocenters. The quantitative estimate of drug-likeness (QED) is 0.897. The highest BCUT2D eigenvalue weighted by Gasteiger charge is 2.32. The minimum atomic E-state index is -0.517. The number of ether oxygens (including phenoxy) is 1. The van der Waals surface area contributed by atoms with Crippen molar-refractivity contribution >= 4 is 5.91 Å². The first-order chi connectivity index (χ1) is 9.67. The van der Waals surface area contributed by atoms with Gasteiger partial charge in [0.25, 0.3) is 5.91 Å². The number of benzene rings is 1. The van der Waals surface area contributed by atoms with Gasteiger partial charge in [-0.25, -0.2) is 4.39 Å². The average molecular weight is 278 g/mol. The maximum Gasteiger partial charge on any atom is 0.256 e. The lowest BCUT2D eigenvalue weighted by Crippen LogP contribution is -2.39. The highest BCUT2D eigenvalue weighted by Crippen LogP contribution is 2.23. The normalized spacial score (nSPS) is 25.4. The van der Waals surface area contributed by atoms with E-state index in [4.69, 9.17) is 4.74 Å². The van der Waals surface area contributed by atoms with E-state index in [-0.39, 0.29) is 11.5 Å². The molecule has 2 fully saturated rings. The van der Waals surface area contributed by atoms with E-state index in [0.717, 1.165) is 12.8 Å². The lowest BCUT2D eigenvalue weighted by atomic mass is 10.1. The highest BCUT2D eigenvalue weighted by atomic mass is 19.1. The molecule has 3 rings (SSSR count). The Labute approximate surface area is 117 Å². The molecule has 2 aliphatic rings. The average Bonchev–Trinajstić information content (AvgIpc) is 2.77. The summed E-state index contributed by atoms with van der Waals surface area (Å²) in [4.78, 5) is 14.2. The molecule has 0 saturated carbocycles. The van der Waals surface area contributed by atoms with Crippen LogP contribution in [0.2, 0.25) is 0 Å². The Bertz CT molecular complexity index is 521. The number of hydrogen-bond acceptors (Lipinski definition) is 3. The van der Waals surface area contributed by atoms with Gasteiger partial charge < -0.3 is 15.0 Å². The molecule has 108 valence electrons. The van der Waals surface area contributed by atoms with E-state index < -0.39 is 5.82 Å². The van der Waals surface area contributed by atoms with Crippen LogP contribution in [0.3, 0.4) is 0 Å². The fourth-order valence-electron chi connectivity index (χ4n) is 3.09. The Hall–Kier alpha value is -1.62. The van der Waals surface area contributed by atoms with Crippen LogP contribution in [0.25, 0.3) is 0 Å². The molecule has 2 heterocycles. The van der Waals surface area contributed by atoms with E-state index in [9.17, 15) is 9.18 Å². The van der Waals surface area contributed by atoms with Crippen LogP contribution in [-0.4, -0.2) is 43.1 Å². The Morgan fingerprint density at radius 2 is 2.15 bits per heavy atom. The molecule has 1 amide bonds. The second-order valence-corrected chi connectivity index (χ2v) is 5.52. The van der Waals surface area contributed by atoms with E-state index in [0.29, 0.717) is 30.9 Å². The van der Waals surface area contributed by atoms with Crippen molar-refractivity contribution in [3.8, 4) is 5.75 Å². The summed E-state index contributed by atoms with van der Waals surface area (Å²) in [5.74, 6) is -0.313. The summed E-state index contributed by atoms with van der Waals surface area (Å²) in [6.07, 6.45) is 3.23. The first kappa shape index (κ1) is 13.4. The third kappa shape index (κ3) is 2.50. The van der Waals surface area contributed by atoms with E-state index in [1.54, 1.807) is 11.0 Å². The van der Waals surface area contributed by atoms with Crippen molar-refractivity contribution in [3.63, 3.8) is 0 Å². The van der Waals surface area contributed by atoms with Crippen LogP contribution in [0.1, 0.15) is 29.6 Å². The molecule has 0 radical (unpaired) electrons. The molecule has 2 aliphatic heterocycles. The zero-order valence-electron chi connectivity index (χ0n) is 11.6. The van der Waals surface area contributed by atoms with Crippen molar-refractivity contribution in [2.75, 3.05) is 20.2 Å². The molecular formula is C15H19FN2O2. The van der Waals surface area contributed by atoms with Crippen molar-refractivity contribution in [3.05, 3.63) is 29.6 Å². The van der Waals surface area contributed by atoms with E-state index >= 15 is 0 Å². The summed E-state index contributed by atoms with van der Waals surface area (Å²) in [6.45, 7) is 1.36.